The van der Waals surface area contributed by atoms with Crippen LogP contribution in [0.2, 0.25) is 0 Å². The van der Waals surface area contributed by atoms with E-state index in [1.807, 2.05) is 13.8 Å². The monoisotopic (exact) mass is 219 g/mol. The second-order valence-corrected chi connectivity index (χ2v) is 3.85. The minimum Gasteiger partial charge on any atom is -0.488 e. The lowest BCUT2D eigenvalue weighted by molar-refractivity contribution is 0.0910. The fourth-order valence-corrected chi connectivity index (χ4v) is 1.64. The van der Waals surface area contributed by atoms with Crippen molar-refractivity contribution in [3.63, 3.8) is 0 Å². The Kier molecular flexibility index (Phi) is 3.04. The van der Waals surface area contributed by atoms with Gasteiger partial charge in [0.15, 0.2) is 5.60 Å². The van der Waals surface area contributed by atoms with Gasteiger partial charge in [0.1, 0.15) is 5.38 Å². The van der Waals surface area contributed by atoms with E-state index in [0.717, 1.165) is 5.71 Å². The first kappa shape index (κ1) is 10.6. The molecule has 0 aliphatic carbocycles. The van der Waals surface area contributed by atoms with Crippen LogP contribution < -0.4 is 0 Å². The van der Waals surface area contributed by atoms with E-state index in [9.17, 15) is 0 Å². The van der Waals surface area contributed by atoms with Crippen LogP contribution in [0.1, 0.15) is 13.8 Å². The Bertz CT molecular complexity index is 285. The molecule has 72 valence electrons. The Hall–Kier alpha value is -0.470. The van der Waals surface area contributed by atoms with Crippen molar-refractivity contribution in [2.24, 2.45) is 4.99 Å². The summed E-state index contributed by atoms with van der Waals surface area (Å²) in [5.41, 5.74) is 0.0480. The van der Waals surface area contributed by atoms with Gasteiger partial charge in [0, 0.05) is 11.9 Å². The number of alkyl halides is 1. The van der Waals surface area contributed by atoms with Gasteiger partial charge in [-0.1, -0.05) is 18.2 Å². The van der Waals surface area contributed by atoms with Crippen LogP contribution in [0.4, 0.5) is 0 Å². The van der Waals surface area contributed by atoms with Crippen LogP contribution in [0.5, 0.6) is 0 Å². The van der Waals surface area contributed by atoms with Crippen molar-refractivity contribution in [3.8, 4) is 0 Å². The summed E-state index contributed by atoms with van der Waals surface area (Å²) in [4.78, 5) is 4.05. The van der Waals surface area contributed by atoms with E-state index in [1.165, 1.54) is 6.26 Å². The Morgan fingerprint density at radius 1 is 1.77 bits per heavy atom. The molecule has 0 radical (unpaired) electrons. The van der Waals surface area contributed by atoms with Crippen molar-refractivity contribution in [2.75, 3.05) is 0 Å². The molecule has 0 bridgehead atoms. The molecule has 0 fully saturated rings. The van der Waals surface area contributed by atoms with Crippen molar-refractivity contribution < 1.29 is 4.74 Å². The highest BCUT2D eigenvalue weighted by Gasteiger charge is 2.41. The highest BCUT2D eigenvalue weighted by molar-refractivity contribution is 6.37. The standard InChI is InChI=1S/C9H11Cl2NO/c1-4-13-9(3)7(10)5-12-6(2)8(9)11/h4-5,8H,1H2,2-3H3. The van der Waals surface area contributed by atoms with E-state index in [0.29, 0.717) is 5.03 Å². The summed E-state index contributed by atoms with van der Waals surface area (Å²) in [7, 11) is 0. The van der Waals surface area contributed by atoms with Gasteiger partial charge in [0.25, 0.3) is 0 Å². The summed E-state index contributed by atoms with van der Waals surface area (Å²) in [6.45, 7) is 7.13. The third-order valence-corrected chi connectivity index (χ3v) is 3.24. The van der Waals surface area contributed by atoms with Gasteiger partial charge in [-0.05, 0) is 13.8 Å². The third kappa shape index (κ3) is 1.74. The van der Waals surface area contributed by atoms with E-state index < -0.39 is 5.60 Å². The second-order valence-electron chi connectivity index (χ2n) is 3.00. The van der Waals surface area contributed by atoms with Gasteiger partial charge in [-0.2, -0.15) is 0 Å². The molecule has 0 aromatic carbocycles. The Morgan fingerprint density at radius 3 is 2.92 bits per heavy atom. The van der Waals surface area contributed by atoms with Gasteiger partial charge >= 0.3 is 0 Å². The topological polar surface area (TPSA) is 21.6 Å². The second kappa shape index (κ2) is 3.72. The van der Waals surface area contributed by atoms with Crippen LogP contribution in [-0.4, -0.2) is 16.7 Å². The summed E-state index contributed by atoms with van der Waals surface area (Å²) < 4.78 is 5.32. The predicted octanol–water partition coefficient (Wildman–Crippen LogP) is 3.07. The normalized spacial score (nSPS) is 33.4. The maximum absolute atomic E-state index is 6.12. The number of aliphatic imine (C=N–C) groups is 1. The van der Waals surface area contributed by atoms with E-state index in [1.54, 1.807) is 6.20 Å². The summed E-state index contributed by atoms with van der Waals surface area (Å²) in [5, 5.41) is 0.126. The molecule has 0 N–H and O–H groups in total. The van der Waals surface area contributed by atoms with E-state index >= 15 is 0 Å². The molecule has 2 unspecified atom stereocenters. The molecule has 1 aliphatic heterocycles. The molecule has 2 atom stereocenters. The largest absolute Gasteiger partial charge is 0.488 e. The molecular weight excluding hydrogens is 209 g/mol. The van der Waals surface area contributed by atoms with E-state index in [-0.39, 0.29) is 5.38 Å². The van der Waals surface area contributed by atoms with Crippen LogP contribution in [0, 0.1) is 0 Å². The third-order valence-electron chi connectivity index (χ3n) is 2.03. The lowest BCUT2D eigenvalue weighted by Crippen LogP contribution is -2.43. The molecule has 2 nitrogen and oxygen atoms in total. The number of rotatable bonds is 2. The molecule has 0 saturated heterocycles. The van der Waals surface area contributed by atoms with Crippen molar-refractivity contribution in [1.82, 2.24) is 0 Å². The van der Waals surface area contributed by atoms with E-state index in [2.05, 4.69) is 11.6 Å². The lowest BCUT2D eigenvalue weighted by atomic mass is 9.96. The van der Waals surface area contributed by atoms with Gasteiger partial charge in [-0.15, -0.1) is 11.6 Å². The van der Waals surface area contributed by atoms with Crippen molar-refractivity contribution in [2.45, 2.75) is 24.8 Å². The zero-order valence-electron chi connectivity index (χ0n) is 7.55. The zero-order chi connectivity index (χ0) is 10.1. The highest BCUT2D eigenvalue weighted by atomic mass is 35.5. The molecule has 0 saturated carbocycles. The quantitative estimate of drug-likeness (QED) is 0.517. The summed E-state index contributed by atoms with van der Waals surface area (Å²) in [5.74, 6) is 0. The first-order chi connectivity index (χ1) is 6.02. The van der Waals surface area contributed by atoms with Crippen LogP contribution >= 0.6 is 23.2 Å². The van der Waals surface area contributed by atoms with Gasteiger partial charge < -0.3 is 4.74 Å². The molecule has 0 aromatic rings. The number of ether oxygens (including phenoxy) is 1. The van der Waals surface area contributed by atoms with Crippen molar-refractivity contribution >= 4 is 28.9 Å². The zero-order valence-corrected chi connectivity index (χ0v) is 9.06. The van der Waals surface area contributed by atoms with Crippen LogP contribution in [0.3, 0.4) is 0 Å². The average Bonchev–Trinajstić information content (AvgIpc) is 2.10. The first-order valence-electron chi connectivity index (χ1n) is 3.85. The SMILES string of the molecule is C=COC1(C)C(Cl)=CN=C(C)C1Cl. The fraction of sp³-hybridized carbons (Fsp3) is 0.444. The highest BCUT2D eigenvalue weighted by Crippen LogP contribution is 2.35. The maximum atomic E-state index is 6.12. The minimum atomic E-state index is -0.739. The van der Waals surface area contributed by atoms with Gasteiger partial charge in [0.2, 0.25) is 0 Å². The predicted molar refractivity (Wildman–Crippen MR) is 56.4 cm³/mol. The summed E-state index contributed by atoms with van der Waals surface area (Å²) in [6.07, 6.45) is 2.89. The van der Waals surface area contributed by atoms with Gasteiger partial charge in [-0.3, -0.25) is 4.99 Å². The van der Waals surface area contributed by atoms with Crippen molar-refractivity contribution in [3.05, 3.63) is 24.1 Å². The number of hydrogen-bond acceptors (Lipinski definition) is 2. The molecular formula is C9H11Cl2NO. The minimum absolute atomic E-state index is 0.358. The van der Waals surface area contributed by atoms with Crippen LogP contribution in [0.15, 0.2) is 29.1 Å². The molecule has 1 rings (SSSR count). The average molecular weight is 220 g/mol. The molecule has 0 aromatic heterocycles. The lowest BCUT2D eigenvalue weighted by Gasteiger charge is -2.34. The van der Waals surface area contributed by atoms with Crippen LogP contribution in [0.25, 0.3) is 0 Å². The van der Waals surface area contributed by atoms with Gasteiger partial charge in [0.05, 0.1) is 11.3 Å². The molecule has 1 heterocycles. The molecule has 1 aliphatic rings. The van der Waals surface area contributed by atoms with E-state index in [4.69, 9.17) is 27.9 Å². The Balaban J connectivity index is 3.03. The first-order valence-corrected chi connectivity index (χ1v) is 4.67. The smallest absolute Gasteiger partial charge is 0.164 e. The number of hydrogen-bond donors (Lipinski definition) is 0. The number of nitrogens with zero attached hydrogens (tertiary/aromatic N) is 1. The molecule has 0 amide bonds. The Labute approximate surface area is 87.9 Å². The maximum Gasteiger partial charge on any atom is 0.164 e. The summed E-state index contributed by atoms with van der Waals surface area (Å²) in [6, 6.07) is 0. The molecule has 0 spiro atoms. The summed E-state index contributed by atoms with van der Waals surface area (Å²) >= 11 is 12.1. The molecule has 4 heteroatoms. The van der Waals surface area contributed by atoms with Crippen molar-refractivity contribution in [1.29, 1.82) is 0 Å². The van der Waals surface area contributed by atoms with Crippen LogP contribution in [-0.2, 0) is 4.74 Å². The van der Waals surface area contributed by atoms with Gasteiger partial charge in [-0.25, -0.2) is 0 Å². The molecule has 13 heavy (non-hydrogen) atoms. The number of halogens is 2. The Morgan fingerprint density at radius 2 is 2.38 bits per heavy atom. The fourth-order valence-electron chi connectivity index (χ4n) is 1.16.